The van der Waals surface area contributed by atoms with Crippen LogP contribution in [0.25, 0.3) is 0 Å². The van der Waals surface area contributed by atoms with Gasteiger partial charge in [-0.25, -0.2) is 0 Å². The zero-order valence-corrected chi connectivity index (χ0v) is 11.5. The molecule has 2 unspecified atom stereocenters. The molecule has 0 aromatic carbocycles. The van der Waals surface area contributed by atoms with Gasteiger partial charge < -0.3 is 14.8 Å². The summed E-state index contributed by atoms with van der Waals surface area (Å²) in [6.45, 7) is 8.17. The molecule has 0 spiro atoms. The number of ether oxygens (including phenoxy) is 2. The van der Waals surface area contributed by atoms with Crippen LogP contribution in [0.4, 0.5) is 0 Å². The quantitative estimate of drug-likeness (QED) is 0.632. The third-order valence-electron chi connectivity index (χ3n) is 3.20. The van der Waals surface area contributed by atoms with Gasteiger partial charge in [-0.3, -0.25) is 0 Å². The van der Waals surface area contributed by atoms with Gasteiger partial charge in [0.2, 0.25) is 0 Å². The van der Waals surface area contributed by atoms with Crippen molar-refractivity contribution in [1.29, 1.82) is 0 Å². The summed E-state index contributed by atoms with van der Waals surface area (Å²) in [5.74, 6) is 0. The first-order valence-electron chi connectivity index (χ1n) is 7.30. The molecule has 0 aromatic heterocycles. The van der Waals surface area contributed by atoms with E-state index >= 15 is 0 Å². The largest absolute Gasteiger partial charge is 0.376 e. The molecular weight excluding hydrogens is 214 g/mol. The van der Waals surface area contributed by atoms with Crippen molar-refractivity contribution in [2.75, 3.05) is 26.3 Å². The SMILES string of the molecule is CCCNCC(CCC)OCC1CCCCO1. The van der Waals surface area contributed by atoms with Crippen LogP contribution >= 0.6 is 0 Å². The van der Waals surface area contributed by atoms with Crippen LogP contribution in [0.5, 0.6) is 0 Å². The van der Waals surface area contributed by atoms with E-state index in [1.165, 1.54) is 32.1 Å². The van der Waals surface area contributed by atoms with Crippen molar-refractivity contribution in [3.63, 3.8) is 0 Å². The first-order chi connectivity index (χ1) is 8.36. The van der Waals surface area contributed by atoms with E-state index in [1.807, 2.05) is 0 Å². The summed E-state index contributed by atoms with van der Waals surface area (Å²) in [6, 6.07) is 0. The fourth-order valence-electron chi connectivity index (χ4n) is 2.19. The Bertz CT molecular complexity index is 170. The lowest BCUT2D eigenvalue weighted by atomic mass is 10.1. The van der Waals surface area contributed by atoms with Gasteiger partial charge in [0.1, 0.15) is 0 Å². The van der Waals surface area contributed by atoms with Crippen LogP contribution < -0.4 is 5.32 Å². The molecule has 2 atom stereocenters. The van der Waals surface area contributed by atoms with Crippen LogP contribution in [0.1, 0.15) is 52.4 Å². The van der Waals surface area contributed by atoms with Gasteiger partial charge in [-0.1, -0.05) is 20.3 Å². The maximum Gasteiger partial charge on any atom is 0.0808 e. The number of nitrogens with one attached hydrogen (secondary N) is 1. The van der Waals surface area contributed by atoms with E-state index in [-0.39, 0.29) is 0 Å². The summed E-state index contributed by atoms with van der Waals surface area (Å²) >= 11 is 0. The van der Waals surface area contributed by atoms with E-state index in [9.17, 15) is 0 Å². The fourth-order valence-corrected chi connectivity index (χ4v) is 2.19. The molecular formula is C14H29NO2. The second-order valence-electron chi connectivity index (χ2n) is 4.94. The summed E-state index contributed by atoms with van der Waals surface area (Å²) in [7, 11) is 0. The molecule has 1 fully saturated rings. The Morgan fingerprint density at radius 1 is 1.29 bits per heavy atom. The average Bonchev–Trinajstić information content (AvgIpc) is 2.37. The average molecular weight is 243 g/mol. The summed E-state index contributed by atoms with van der Waals surface area (Å²) in [5.41, 5.74) is 0. The first-order valence-corrected chi connectivity index (χ1v) is 7.30. The monoisotopic (exact) mass is 243 g/mol. The molecule has 0 aromatic rings. The normalized spacial score (nSPS) is 22.6. The van der Waals surface area contributed by atoms with Crippen LogP contribution in [0.2, 0.25) is 0 Å². The zero-order chi connectivity index (χ0) is 12.3. The van der Waals surface area contributed by atoms with Crippen molar-refractivity contribution in [1.82, 2.24) is 5.32 Å². The third-order valence-corrected chi connectivity index (χ3v) is 3.20. The lowest BCUT2D eigenvalue weighted by Crippen LogP contribution is -2.33. The zero-order valence-electron chi connectivity index (χ0n) is 11.5. The standard InChI is InChI=1S/C14H29NO2/c1-3-7-13(11-15-9-4-2)17-12-14-8-5-6-10-16-14/h13-15H,3-12H2,1-2H3. The van der Waals surface area contributed by atoms with Crippen molar-refractivity contribution < 1.29 is 9.47 Å². The molecule has 1 aliphatic heterocycles. The summed E-state index contributed by atoms with van der Waals surface area (Å²) in [6.07, 6.45) is 7.89. The Balaban J connectivity index is 2.13. The molecule has 3 heteroatoms. The highest BCUT2D eigenvalue weighted by molar-refractivity contribution is 4.66. The molecule has 102 valence electrons. The Morgan fingerprint density at radius 2 is 2.18 bits per heavy atom. The molecule has 0 radical (unpaired) electrons. The summed E-state index contributed by atoms with van der Waals surface area (Å²) in [4.78, 5) is 0. The molecule has 17 heavy (non-hydrogen) atoms. The molecule has 0 amide bonds. The molecule has 1 rings (SSSR count). The number of rotatable bonds is 9. The van der Waals surface area contributed by atoms with Gasteiger partial charge >= 0.3 is 0 Å². The minimum Gasteiger partial charge on any atom is -0.376 e. The van der Waals surface area contributed by atoms with Gasteiger partial charge in [-0.05, 0) is 38.6 Å². The van der Waals surface area contributed by atoms with Gasteiger partial charge in [-0.15, -0.1) is 0 Å². The summed E-state index contributed by atoms with van der Waals surface area (Å²) in [5, 5.41) is 3.44. The van der Waals surface area contributed by atoms with Crippen LogP contribution in [0.3, 0.4) is 0 Å². The predicted octanol–water partition coefficient (Wildman–Crippen LogP) is 2.74. The van der Waals surface area contributed by atoms with E-state index in [0.717, 1.165) is 32.7 Å². The molecule has 1 aliphatic rings. The van der Waals surface area contributed by atoms with Crippen molar-refractivity contribution in [3.8, 4) is 0 Å². The van der Waals surface area contributed by atoms with Crippen molar-refractivity contribution in [2.24, 2.45) is 0 Å². The smallest absolute Gasteiger partial charge is 0.0808 e. The molecule has 3 nitrogen and oxygen atoms in total. The van der Waals surface area contributed by atoms with Crippen LogP contribution in [-0.4, -0.2) is 38.5 Å². The predicted molar refractivity (Wildman–Crippen MR) is 71.4 cm³/mol. The second-order valence-corrected chi connectivity index (χ2v) is 4.94. The van der Waals surface area contributed by atoms with Crippen LogP contribution in [-0.2, 0) is 9.47 Å². The Morgan fingerprint density at radius 3 is 2.82 bits per heavy atom. The molecule has 1 saturated heterocycles. The lowest BCUT2D eigenvalue weighted by molar-refractivity contribution is -0.0639. The van der Waals surface area contributed by atoms with E-state index < -0.39 is 0 Å². The Kier molecular flexibility index (Phi) is 8.67. The van der Waals surface area contributed by atoms with Crippen molar-refractivity contribution in [2.45, 2.75) is 64.6 Å². The van der Waals surface area contributed by atoms with Gasteiger partial charge in [-0.2, -0.15) is 0 Å². The minimum absolute atomic E-state index is 0.342. The fraction of sp³-hybridized carbons (Fsp3) is 1.00. The lowest BCUT2D eigenvalue weighted by Gasteiger charge is -2.25. The minimum atomic E-state index is 0.342. The van der Waals surface area contributed by atoms with Crippen LogP contribution in [0, 0.1) is 0 Å². The topological polar surface area (TPSA) is 30.5 Å². The van der Waals surface area contributed by atoms with Gasteiger partial charge in [0, 0.05) is 13.2 Å². The highest BCUT2D eigenvalue weighted by Gasteiger charge is 2.16. The molecule has 1 heterocycles. The van der Waals surface area contributed by atoms with E-state index in [2.05, 4.69) is 19.2 Å². The van der Waals surface area contributed by atoms with Crippen molar-refractivity contribution >= 4 is 0 Å². The third kappa shape index (κ3) is 7.02. The van der Waals surface area contributed by atoms with E-state index in [4.69, 9.17) is 9.47 Å². The summed E-state index contributed by atoms with van der Waals surface area (Å²) < 4.78 is 11.7. The number of hydrogen-bond acceptors (Lipinski definition) is 3. The van der Waals surface area contributed by atoms with E-state index in [0.29, 0.717) is 12.2 Å². The second kappa shape index (κ2) is 9.86. The highest BCUT2D eigenvalue weighted by Crippen LogP contribution is 2.14. The molecule has 1 N–H and O–H groups in total. The van der Waals surface area contributed by atoms with Gasteiger partial charge in [0.15, 0.2) is 0 Å². The maximum atomic E-state index is 5.98. The van der Waals surface area contributed by atoms with Gasteiger partial charge in [0.25, 0.3) is 0 Å². The molecule has 0 bridgehead atoms. The number of hydrogen-bond donors (Lipinski definition) is 1. The van der Waals surface area contributed by atoms with Crippen molar-refractivity contribution in [3.05, 3.63) is 0 Å². The van der Waals surface area contributed by atoms with E-state index in [1.54, 1.807) is 0 Å². The molecule has 0 saturated carbocycles. The van der Waals surface area contributed by atoms with Crippen LogP contribution in [0.15, 0.2) is 0 Å². The van der Waals surface area contributed by atoms with Gasteiger partial charge in [0.05, 0.1) is 18.8 Å². The Labute approximate surface area is 106 Å². The first kappa shape index (κ1) is 14.9. The maximum absolute atomic E-state index is 5.98. The highest BCUT2D eigenvalue weighted by atomic mass is 16.5. The molecule has 0 aliphatic carbocycles. The Hall–Kier alpha value is -0.120.